The Hall–Kier alpha value is -3.85. The van der Waals surface area contributed by atoms with Crippen LogP contribution in [0.5, 0.6) is 23.0 Å². The molecule has 38 heavy (non-hydrogen) atoms. The Morgan fingerprint density at radius 3 is 1.87 bits per heavy atom. The van der Waals surface area contributed by atoms with E-state index in [1.165, 1.54) is 7.11 Å². The fourth-order valence-corrected chi connectivity index (χ4v) is 4.94. The van der Waals surface area contributed by atoms with Crippen LogP contribution in [0.25, 0.3) is 0 Å². The van der Waals surface area contributed by atoms with Crippen molar-refractivity contribution in [1.29, 1.82) is 0 Å². The number of rotatable bonds is 13. The standard InChI is InChI=1S/C29H33NO7S/c1-33-22-10-6-19(7-11-22)14-27(31)30-25(29(32)37-5)16-21-15-24(35-3)17-26(36-4)28(21)38-18-20-8-12-23(34-2)13-9-20/h6-13,15,17,25H,14,16,18H2,1-5H3,(H,30,31)/t25-/m1/s1. The van der Waals surface area contributed by atoms with Gasteiger partial charge in [-0.3, -0.25) is 4.79 Å². The van der Waals surface area contributed by atoms with Gasteiger partial charge in [0.1, 0.15) is 29.0 Å². The Balaban J connectivity index is 1.83. The van der Waals surface area contributed by atoms with Crippen molar-refractivity contribution >= 4 is 23.6 Å². The van der Waals surface area contributed by atoms with Gasteiger partial charge in [0.05, 0.1) is 46.9 Å². The summed E-state index contributed by atoms with van der Waals surface area (Å²) in [6.07, 6.45) is 0.303. The summed E-state index contributed by atoms with van der Waals surface area (Å²) in [7, 11) is 7.67. The molecule has 3 aromatic rings. The molecule has 0 saturated heterocycles. The van der Waals surface area contributed by atoms with Crippen LogP contribution in [0.4, 0.5) is 0 Å². The van der Waals surface area contributed by atoms with Gasteiger partial charge in [-0.25, -0.2) is 4.79 Å². The number of thioether (sulfide) groups is 1. The first kappa shape index (κ1) is 28.7. The van der Waals surface area contributed by atoms with Crippen LogP contribution in [0, 0.1) is 0 Å². The number of amides is 1. The van der Waals surface area contributed by atoms with Crippen LogP contribution in [0.3, 0.4) is 0 Å². The van der Waals surface area contributed by atoms with E-state index in [1.807, 2.05) is 42.5 Å². The van der Waals surface area contributed by atoms with Crippen LogP contribution in [-0.4, -0.2) is 53.5 Å². The zero-order valence-corrected chi connectivity index (χ0v) is 23.1. The third-order valence-corrected chi connectivity index (χ3v) is 7.10. The molecule has 0 fully saturated rings. The number of nitrogens with one attached hydrogen (secondary N) is 1. The van der Waals surface area contributed by atoms with Gasteiger partial charge >= 0.3 is 5.97 Å². The van der Waals surface area contributed by atoms with Crippen LogP contribution < -0.4 is 24.3 Å². The number of carbonyl (C=O) groups is 2. The van der Waals surface area contributed by atoms with Crippen molar-refractivity contribution in [3.05, 3.63) is 77.4 Å². The SMILES string of the molecule is COC(=O)[C@@H](Cc1cc(OC)cc(OC)c1SCc1ccc(OC)cc1)NC(=O)Cc1ccc(OC)cc1. The third-order valence-electron chi connectivity index (χ3n) is 5.87. The fourth-order valence-electron chi connectivity index (χ4n) is 3.82. The summed E-state index contributed by atoms with van der Waals surface area (Å²) in [5.41, 5.74) is 2.68. The largest absolute Gasteiger partial charge is 0.497 e. The number of methoxy groups -OCH3 is 5. The summed E-state index contributed by atoms with van der Waals surface area (Å²) >= 11 is 1.57. The first-order chi connectivity index (χ1) is 18.4. The lowest BCUT2D eigenvalue weighted by atomic mass is 10.0. The van der Waals surface area contributed by atoms with E-state index in [0.29, 0.717) is 23.0 Å². The van der Waals surface area contributed by atoms with Gasteiger partial charge in [-0.2, -0.15) is 0 Å². The van der Waals surface area contributed by atoms with Crippen molar-refractivity contribution in [3.8, 4) is 23.0 Å². The molecule has 0 saturated carbocycles. The predicted octanol–water partition coefficient (Wildman–Crippen LogP) is 4.46. The Morgan fingerprint density at radius 1 is 0.763 bits per heavy atom. The number of hydrogen-bond acceptors (Lipinski definition) is 8. The number of esters is 1. The number of carbonyl (C=O) groups excluding carboxylic acids is 2. The quantitative estimate of drug-likeness (QED) is 0.252. The van der Waals surface area contributed by atoms with Gasteiger partial charge in [0.25, 0.3) is 0 Å². The van der Waals surface area contributed by atoms with Gasteiger partial charge in [0.15, 0.2) is 0 Å². The van der Waals surface area contributed by atoms with E-state index in [4.69, 9.17) is 23.7 Å². The summed E-state index contributed by atoms with van der Waals surface area (Å²) in [6.45, 7) is 0. The average Bonchev–Trinajstić information content (AvgIpc) is 2.95. The van der Waals surface area contributed by atoms with Gasteiger partial charge in [-0.1, -0.05) is 24.3 Å². The summed E-state index contributed by atoms with van der Waals surface area (Å²) in [4.78, 5) is 26.4. The van der Waals surface area contributed by atoms with Crippen molar-refractivity contribution in [2.75, 3.05) is 35.5 Å². The van der Waals surface area contributed by atoms with Crippen molar-refractivity contribution < 1.29 is 33.3 Å². The topological polar surface area (TPSA) is 92.3 Å². The highest BCUT2D eigenvalue weighted by Gasteiger charge is 2.25. The molecular weight excluding hydrogens is 506 g/mol. The summed E-state index contributed by atoms with van der Waals surface area (Å²) in [5.74, 6) is 2.51. The van der Waals surface area contributed by atoms with Gasteiger partial charge in [0.2, 0.25) is 5.91 Å². The Labute approximate surface area is 227 Å². The Morgan fingerprint density at radius 2 is 1.34 bits per heavy atom. The van der Waals surface area contributed by atoms with Crippen LogP contribution in [0.2, 0.25) is 0 Å². The van der Waals surface area contributed by atoms with E-state index in [9.17, 15) is 9.59 Å². The summed E-state index contributed by atoms with van der Waals surface area (Å²) in [6, 6.07) is 17.8. The molecule has 0 heterocycles. The minimum absolute atomic E-state index is 0.109. The fraction of sp³-hybridized carbons (Fsp3) is 0.310. The monoisotopic (exact) mass is 539 g/mol. The maximum Gasteiger partial charge on any atom is 0.328 e. The second-order valence-electron chi connectivity index (χ2n) is 8.33. The molecule has 0 aliphatic rings. The molecule has 0 spiro atoms. The molecule has 0 bridgehead atoms. The Bertz CT molecular complexity index is 1210. The van der Waals surface area contributed by atoms with Crippen molar-refractivity contribution in [1.82, 2.24) is 5.32 Å². The predicted molar refractivity (Wildman–Crippen MR) is 146 cm³/mol. The van der Waals surface area contributed by atoms with E-state index in [-0.39, 0.29) is 18.7 Å². The zero-order valence-electron chi connectivity index (χ0n) is 22.2. The van der Waals surface area contributed by atoms with E-state index in [0.717, 1.165) is 27.3 Å². The molecule has 0 aliphatic heterocycles. The maximum atomic E-state index is 12.9. The first-order valence-electron chi connectivity index (χ1n) is 11.9. The second kappa shape index (κ2) is 14.2. The molecule has 1 amide bonds. The number of ether oxygens (including phenoxy) is 5. The highest BCUT2D eigenvalue weighted by atomic mass is 32.2. The molecular formula is C29H33NO7S. The van der Waals surface area contributed by atoms with Gasteiger partial charge < -0.3 is 29.0 Å². The highest BCUT2D eigenvalue weighted by molar-refractivity contribution is 7.98. The van der Waals surface area contributed by atoms with Gasteiger partial charge in [-0.15, -0.1) is 11.8 Å². The normalized spacial score (nSPS) is 11.3. The lowest BCUT2D eigenvalue weighted by molar-refractivity contribution is -0.145. The average molecular weight is 540 g/mol. The van der Waals surface area contributed by atoms with Crippen LogP contribution >= 0.6 is 11.8 Å². The molecule has 0 unspecified atom stereocenters. The summed E-state index contributed by atoms with van der Waals surface area (Å²) < 4.78 is 26.6. The van der Waals surface area contributed by atoms with Crippen LogP contribution in [-0.2, 0) is 32.9 Å². The van der Waals surface area contributed by atoms with Crippen molar-refractivity contribution in [2.24, 2.45) is 0 Å². The minimum atomic E-state index is -0.900. The van der Waals surface area contributed by atoms with E-state index in [2.05, 4.69) is 5.32 Å². The third kappa shape index (κ3) is 7.82. The molecule has 3 aromatic carbocycles. The van der Waals surface area contributed by atoms with E-state index in [1.54, 1.807) is 58.4 Å². The van der Waals surface area contributed by atoms with Crippen molar-refractivity contribution in [3.63, 3.8) is 0 Å². The van der Waals surface area contributed by atoms with Gasteiger partial charge in [0, 0.05) is 18.2 Å². The van der Waals surface area contributed by atoms with Crippen molar-refractivity contribution in [2.45, 2.75) is 29.5 Å². The smallest absolute Gasteiger partial charge is 0.328 e. The molecule has 8 nitrogen and oxygen atoms in total. The maximum absolute atomic E-state index is 12.9. The van der Waals surface area contributed by atoms with Gasteiger partial charge in [-0.05, 0) is 47.0 Å². The van der Waals surface area contributed by atoms with E-state index < -0.39 is 12.0 Å². The number of benzene rings is 3. The molecule has 202 valence electrons. The molecule has 0 aliphatic carbocycles. The lowest BCUT2D eigenvalue weighted by Gasteiger charge is -2.20. The lowest BCUT2D eigenvalue weighted by Crippen LogP contribution is -2.43. The zero-order chi connectivity index (χ0) is 27.5. The summed E-state index contributed by atoms with van der Waals surface area (Å²) in [5, 5.41) is 2.83. The van der Waals surface area contributed by atoms with E-state index >= 15 is 0 Å². The molecule has 1 atom stereocenters. The number of hydrogen-bond donors (Lipinski definition) is 1. The molecule has 0 aromatic heterocycles. The van der Waals surface area contributed by atoms with Crippen LogP contribution in [0.1, 0.15) is 16.7 Å². The molecule has 9 heteroatoms. The first-order valence-corrected chi connectivity index (χ1v) is 12.9. The second-order valence-corrected chi connectivity index (χ2v) is 9.31. The highest BCUT2D eigenvalue weighted by Crippen LogP contribution is 2.39. The molecule has 0 radical (unpaired) electrons. The Kier molecular flexibility index (Phi) is 10.7. The van der Waals surface area contributed by atoms with Crippen LogP contribution in [0.15, 0.2) is 65.6 Å². The minimum Gasteiger partial charge on any atom is -0.497 e. The molecule has 1 N–H and O–H groups in total. The molecule has 3 rings (SSSR count).